The smallest absolute Gasteiger partial charge is 0.252 e. The van der Waals surface area contributed by atoms with Gasteiger partial charge in [-0.1, -0.05) is 73.7 Å². The topological polar surface area (TPSA) is 52.6 Å². The van der Waals surface area contributed by atoms with E-state index in [4.69, 9.17) is 0 Å². The lowest BCUT2D eigenvalue weighted by atomic mass is 9.94. The van der Waals surface area contributed by atoms with Gasteiger partial charge in [0.25, 0.3) is 5.91 Å². The SMILES string of the molecule is CC[C@@](O)(c1ccccc1)N1CCC(NC(=O)c2cccc3ccccc23)CC1. The monoisotopic (exact) mass is 388 g/mol. The van der Waals surface area contributed by atoms with Gasteiger partial charge >= 0.3 is 0 Å². The fourth-order valence-corrected chi connectivity index (χ4v) is 4.40. The number of carbonyl (C=O) groups excluding carboxylic acids is 1. The second-order valence-electron chi connectivity index (χ2n) is 7.80. The van der Waals surface area contributed by atoms with E-state index >= 15 is 0 Å². The lowest BCUT2D eigenvalue weighted by Gasteiger charge is -2.43. The first kappa shape index (κ1) is 19.6. The van der Waals surface area contributed by atoms with Crippen molar-refractivity contribution in [1.29, 1.82) is 0 Å². The molecule has 0 bridgehead atoms. The Hall–Kier alpha value is -2.69. The third-order valence-electron chi connectivity index (χ3n) is 6.12. The first-order chi connectivity index (χ1) is 14.1. The van der Waals surface area contributed by atoms with Gasteiger partial charge in [0.05, 0.1) is 0 Å². The van der Waals surface area contributed by atoms with Crippen LogP contribution in [0.2, 0.25) is 0 Å². The van der Waals surface area contributed by atoms with E-state index in [9.17, 15) is 9.90 Å². The predicted molar refractivity (Wildman–Crippen MR) is 117 cm³/mol. The Kier molecular flexibility index (Phi) is 5.65. The maximum Gasteiger partial charge on any atom is 0.252 e. The molecule has 4 heteroatoms. The van der Waals surface area contributed by atoms with E-state index in [-0.39, 0.29) is 11.9 Å². The van der Waals surface area contributed by atoms with Crippen molar-refractivity contribution in [2.75, 3.05) is 13.1 Å². The van der Waals surface area contributed by atoms with Crippen LogP contribution in [-0.4, -0.2) is 35.0 Å². The van der Waals surface area contributed by atoms with Crippen LogP contribution in [0.1, 0.15) is 42.1 Å². The molecule has 0 saturated carbocycles. The molecule has 150 valence electrons. The lowest BCUT2D eigenvalue weighted by Crippen LogP contribution is -2.53. The minimum Gasteiger partial charge on any atom is -0.371 e. The highest BCUT2D eigenvalue weighted by atomic mass is 16.3. The summed E-state index contributed by atoms with van der Waals surface area (Å²) >= 11 is 0. The van der Waals surface area contributed by atoms with Crippen molar-refractivity contribution in [3.63, 3.8) is 0 Å². The van der Waals surface area contributed by atoms with E-state index in [1.165, 1.54) is 0 Å². The molecule has 1 amide bonds. The molecular formula is C25H28N2O2. The molecule has 1 saturated heterocycles. The molecule has 3 aromatic carbocycles. The van der Waals surface area contributed by atoms with E-state index < -0.39 is 5.72 Å². The van der Waals surface area contributed by atoms with Crippen LogP contribution < -0.4 is 5.32 Å². The number of carbonyl (C=O) groups is 1. The molecule has 3 aromatic rings. The number of fused-ring (bicyclic) bond motifs is 1. The largest absolute Gasteiger partial charge is 0.371 e. The zero-order valence-corrected chi connectivity index (χ0v) is 16.8. The summed E-state index contributed by atoms with van der Waals surface area (Å²) in [5.74, 6) is -0.0194. The molecule has 0 aliphatic carbocycles. The van der Waals surface area contributed by atoms with E-state index in [0.717, 1.165) is 47.8 Å². The van der Waals surface area contributed by atoms with Crippen LogP contribution in [-0.2, 0) is 5.72 Å². The average Bonchev–Trinajstić information content (AvgIpc) is 2.79. The van der Waals surface area contributed by atoms with Gasteiger partial charge in [0.1, 0.15) is 5.72 Å². The molecule has 1 atom stereocenters. The summed E-state index contributed by atoms with van der Waals surface area (Å²) in [7, 11) is 0. The third-order valence-corrected chi connectivity index (χ3v) is 6.12. The molecule has 29 heavy (non-hydrogen) atoms. The van der Waals surface area contributed by atoms with Gasteiger partial charge in [-0.15, -0.1) is 0 Å². The van der Waals surface area contributed by atoms with Crippen LogP contribution >= 0.6 is 0 Å². The van der Waals surface area contributed by atoms with Crippen LogP contribution in [0.4, 0.5) is 0 Å². The number of likely N-dealkylation sites (tertiary alicyclic amines) is 1. The first-order valence-corrected chi connectivity index (χ1v) is 10.4. The minimum atomic E-state index is -0.953. The van der Waals surface area contributed by atoms with Crippen molar-refractivity contribution in [2.24, 2.45) is 0 Å². The summed E-state index contributed by atoms with van der Waals surface area (Å²) < 4.78 is 0. The van der Waals surface area contributed by atoms with Crippen LogP contribution in [0.5, 0.6) is 0 Å². The third kappa shape index (κ3) is 3.91. The van der Waals surface area contributed by atoms with Gasteiger partial charge in [-0.2, -0.15) is 0 Å². The fourth-order valence-electron chi connectivity index (χ4n) is 4.40. The number of nitrogens with zero attached hydrogens (tertiary/aromatic N) is 1. The van der Waals surface area contributed by atoms with Crippen LogP contribution in [0.25, 0.3) is 10.8 Å². The molecule has 0 unspecified atom stereocenters. The minimum absolute atomic E-state index is 0.0194. The van der Waals surface area contributed by atoms with Crippen LogP contribution in [0.3, 0.4) is 0 Å². The molecule has 1 aliphatic rings. The average molecular weight is 389 g/mol. The molecule has 1 aliphatic heterocycles. The van der Waals surface area contributed by atoms with Gasteiger partial charge < -0.3 is 10.4 Å². The van der Waals surface area contributed by atoms with Crippen molar-refractivity contribution >= 4 is 16.7 Å². The molecule has 0 aromatic heterocycles. The summed E-state index contributed by atoms with van der Waals surface area (Å²) in [4.78, 5) is 15.1. The van der Waals surface area contributed by atoms with Crippen molar-refractivity contribution in [3.05, 3.63) is 83.9 Å². The Morgan fingerprint density at radius 2 is 1.66 bits per heavy atom. The zero-order valence-electron chi connectivity index (χ0n) is 16.8. The summed E-state index contributed by atoms with van der Waals surface area (Å²) in [5, 5.41) is 16.6. The molecular weight excluding hydrogens is 360 g/mol. The summed E-state index contributed by atoms with van der Waals surface area (Å²) in [5.41, 5.74) is 0.701. The molecule has 0 radical (unpaired) electrons. The number of hydrogen-bond acceptors (Lipinski definition) is 3. The molecule has 1 heterocycles. The molecule has 4 nitrogen and oxygen atoms in total. The molecule has 2 N–H and O–H groups in total. The van der Waals surface area contributed by atoms with Crippen molar-refractivity contribution < 1.29 is 9.90 Å². The highest BCUT2D eigenvalue weighted by Gasteiger charge is 2.37. The Bertz CT molecular complexity index is 975. The quantitative estimate of drug-likeness (QED) is 0.686. The van der Waals surface area contributed by atoms with E-state index in [2.05, 4.69) is 10.2 Å². The Morgan fingerprint density at radius 1 is 1.00 bits per heavy atom. The second-order valence-corrected chi connectivity index (χ2v) is 7.80. The maximum atomic E-state index is 12.9. The lowest BCUT2D eigenvalue weighted by molar-refractivity contribution is -0.128. The van der Waals surface area contributed by atoms with Crippen molar-refractivity contribution in [1.82, 2.24) is 10.2 Å². The van der Waals surface area contributed by atoms with E-state index in [1.807, 2.05) is 79.7 Å². The van der Waals surface area contributed by atoms with Gasteiger partial charge in [0.2, 0.25) is 0 Å². The van der Waals surface area contributed by atoms with Gasteiger partial charge in [-0.25, -0.2) is 0 Å². The molecule has 0 spiro atoms. The van der Waals surface area contributed by atoms with Crippen LogP contribution in [0.15, 0.2) is 72.8 Å². The van der Waals surface area contributed by atoms with E-state index in [1.54, 1.807) is 0 Å². The predicted octanol–water partition coefficient (Wildman–Crippen LogP) is 4.29. The number of amides is 1. The molecule has 1 fully saturated rings. The second kappa shape index (κ2) is 8.36. The number of piperidine rings is 1. The number of benzene rings is 3. The summed E-state index contributed by atoms with van der Waals surface area (Å²) in [6.45, 7) is 3.51. The number of nitrogens with one attached hydrogen (secondary N) is 1. The number of rotatable bonds is 5. The zero-order chi connectivity index (χ0) is 20.3. The summed E-state index contributed by atoms with van der Waals surface area (Å²) in [6, 6.07) is 23.8. The Balaban J connectivity index is 1.43. The Labute approximate surface area is 172 Å². The normalized spacial score (nSPS) is 17.7. The van der Waals surface area contributed by atoms with E-state index in [0.29, 0.717) is 6.42 Å². The molecule has 4 rings (SSSR count). The maximum absolute atomic E-state index is 12.9. The number of hydrogen-bond donors (Lipinski definition) is 2. The number of aliphatic hydroxyl groups is 1. The van der Waals surface area contributed by atoms with Gasteiger partial charge in [0, 0.05) is 24.7 Å². The van der Waals surface area contributed by atoms with Crippen molar-refractivity contribution in [3.8, 4) is 0 Å². The van der Waals surface area contributed by atoms with Gasteiger partial charge in [0.15, 0.2) is 0 Å². The van der Waals surface area contributed by atoms with Gasteiger partial charge in [-0.3, -0.25) is 9.69 Å². The highest BCUT2D eigenvalue weighted by molar-refractivity contribution is 6.07. The highest BCUT2D eigenvalue weighted by Crippen LogP contribution is 2.32. The standard InChI is InChI=1S/C25H28N2O2/c1-2-25(29,20-11-4-3-5-12-20)27-17-15-21(16-18-27)26-24(28)23-14-8-10-19-9-6-7-13-22(19)23/h3-14,21,29H,2,15-18H2,1H3,(H,26,28)/t25-/m1/s1. The summed E-state index contributed by atoms with van der Waals surface area (Å²) in [6.07, 6.45) is 2.28. The van der Waals surface area contributed by atoms with Crippen molar-refractivity contribution in [2.45, 2.75) is 38.0 Å². The fraction of sp³-hybridized carbons (Fsp3) is 0.320. The first-order valence-electron chi connectivity index (χ1n) is 10.4. The Morgan fingerprint density at radius 3 is 2.38 bits per heavy atom. The van der Waals surface area contributed by atoms with Crippen LogP contribution in [0, 0.1) is 0 Å². The van der Waals surface area contributed by atoms with Gasteiger partial charge in [-0.05, 0) is 41.7 Å².